The first-order valence-corrected chi connectivity index (χ1v) is 18.7. The Kier molecular flexibility index (Phi) is 9.74. The maximum absolute atomic E-state index is 13.4. The summed E-state index contributed by atoms with van der Waals surface area (Å²) in [4.78, 5) is 39.0. The van der Waals surface area contributed by atoms with Crippen LogP contribution in [0.5, 0.6) is 11.5 Å². The lowest BCUT2D eigenvalue weighted by molar-refractivity contribution is 0.101. The van der Waals surface area contributed by atoms with Crippen LogP contribution in [0, 0.1) is 13.8 Å². The fourth-order valence-corrected chi connectivity index (χ4v) is 7.32. The highest BCUT2D eigenvalue weighted by Crippen LogP contribution is 2.37. The molecule has 0 bridgehead atoms. The normalized spacial score (nSPS) is 11.6. The molecule has 4 amide bonds. The highest BCUT2D eigenvalue weighted by Gasteiger charge is 2.22. The summed E-state index contributed by atoms with van der Waals surface area (Å²) in [5.74, 6) is -1.97. The lowest BCUT2D eigenvalue weighted by Gasteiger charge is -2.15. The molecule has 6 aromatic rings. The van der Waals surface area contributed by atoms with Gasteiger partial charge in [0.15, 0.2) is 0 Å². The van der Waals surface area contributed by atoms with Gasteiger partial charge in [-0.05, 0) is 85.6 Å². The first-order chi connectivity index (χ1) is 25.4. The molecule has 0 aliphatic rings. The molecule has 6 rings (SSSR count). The minimum atomic E-state index is -4.65. The number of carbonyl (C=O) groups is 3. The van der Waals surface area contributed by atoms with E-state index in [4.69, 9.17) is 0 Å². The van der Waals surface area contributed by atoms with Crippen molar-refractivity contribution in [2.24, 2.45) is 0 Å². The van der Waals surface area contributed by atoms with E-state index in [1.54, 1.807) is 38.1 Å². The number of benzene rings is 6. The van der Waals surface area contributed by atoms with Crippen LogP contribution in [-0.2, 0) is 20.2 Å². The van der Waals surface area contributed by atoms with Crippen molar-refractivity contribution >= 4 is 82.4 Å². The van der Waals surface area contributed by atoms with E-state index in [2.05, 4.69) is 21.3 Å². The average Bonchev–Trinajstić information content (AvgIpc) is 3.09. The Bertz CT molecular complexity index is 2600. The van der Waals surface area contributed by atoms with Gasteiger partial charge in [0, 0.05) is 44.0 Å². The number of urea groups is 1. The van der Waals surface area contributed by atoms with Crippen LogP contribution >= 0.6 is 0 Å². The number of anilines is 4. The van der Waals surface area contributed by atoms with Gasteiger partial charge in [-0.15, -0.1) is 0 Å². The summed E-state index contributed by atoms with van der Waals surface area (Å²) >= 11 is 0. The lowest BCUT2D eigenvalue weighted by atomic mass is 10.0. The van der Waals surface area contributed by atoms with Gasteiger partial charge in [0.1, 0.15) is 21.3 Å². The Morgan fingerprint density at radius 3 is 1.28 bits per heavy atom. The van der Waals surface area contributed by atoms with Crippen molar-refractivity contribution in [3.8, 4) is 11.5 Å². The molecule has 0 aromatic heterocycles. The van der Waals surface area contributed by atoms with E-state index in [9.17, 15) is 50.5 Å². The van der Waals surface area contributed by atoms with Gasteiger partial charge in [-0.3, -0.25) is 18.7 Å². The van der Waals surface area contributed by atoms with Crippen LogP contribution in [0.3, 0.4) is 0 Å². The summed E-state index contributed by atoms with van der Waals surface area (Å²) in [7, 11) is -9.30. The molecular weight excluding hydrogens is 741 g/mol. The molecular formula is C37H30N4O11S2. The fourth-order valence-electron chi connectivity index (χ4n) is 5.94. The first-order valence-electron chi connectivity index (χ1n) is 15.8. The Labute approximate surface area is 307 Å². The third-order valence-electron chi connectivity index (χ3n) is 8.49. The van der Waals surface area contributed by atoms with E-state index >= 15 is 0 Å². The third-order valence-corrected chi connectivity index (χ3v) is 10.3. The second-order valence-electron chi connectivity index (χ2n) is 12.1. The summed E-state index contributed by atoms with van der Waals surface area (Å²) in [5, 5.41) is 31.5. The molecule has 0 unspecified atom stereocenters. The standard InChI is InChI=1S/C37H30N4O11S2/c1-19-9-11-21(17-25(19)35(44)40-27-7-3-5-23-31(53(47,48)49)15-13-29(42)33(23)27)38-37(46)39-22-12-10-20(2)26(18-22)36(45)41-28-8-4-6-24-32(54(50,51)52)16-14-30(43)34(24)28/h3-18,42-43H,1-2H3,(H,40,44)(H,41,45)(H2,38,39,46)(H,47,48,49)(H,50,51,52). The second kappa shape index (κ2) is 14.1. The molecule has 0 heterocycles. The summed E-state index contributed by atoms with van der Waals surface area (Å²) in [5.41, 5.74) is 1.85. The van der Waals surface area contributed by atoms with Crippen LogP contribution < -0.4 is 21.3 Å². The van der Waals surface area contributed by atoms with Crippen molar-refractivity contribution < 1.29 is 50.5 Å². The molecule has 0 saturated carbocycles. The Hall–Kier alpha value is -6.53. The molecule has 276 valence electrons. The molecule has 17 heteroatoms. The maximum Gasteiger partial charge on any atom is 0.323 e. The number of hydrogen-bond donors (Lipinski definition) is 8. The topological polar surface area (TPSA) is 249 Å². The minimum Gasteiger partial charge on any atom is -0.507 e. The molecule has 0 radical (unpaired) electrons. The Balaban J connectivity index is 1.19. The van der Waals surface area contributed by atoms with Crippen molar-refractivity contribution in [3.05, 3.63) is 119 Å². The van der Waals surface area contributed by atoms with Crippen LogP contribution in [0.25, 0.3) is 21.5 Å². The van der Waals surface area contributed by atoms with E-state index in [1.807, 2.05) is 0 Å². The van der Waals surface area contributed by atoms with Crippen LogP contribution in [0.4, 0.5) is 27.5 Å². The highest BCUT2D eigenvalue weighted by molar-refractivity contribution is 7.86. The SMILES string of the molecule is Cc1ccc(NC(=O)Nc2ccc(C)c(C(=O)Nc3cccc4c(S(=O)(=O)O)ccc(O)c34)c2)cc1C(=O)Nc1cccc2c(S(=O)(=O)O)ccc(O)c12. The zero-order chi connectivity index (χ0) is 39.1. The van der Waals surface area contributed by atoms with E-state index in [0.717, 1.165) is 24.3 Å². The van der Waals surface area contributed by atoms with Crippen molar-refractivity contribution in [1.29, 1.82) is 0 Å². The van der Waals surface area contributed by atoms with Crippen LogP contribution in [0.15, 0.2) is 107 Å². The molecule has 0 saturated heterocycles. The minimum absolute atomic E-state index is 0.0139. The zero-order valence-corrected chi connectivity index (χ0v) is 29.8. The smallest absolute Gasteiger partial charge is 0.323 e. The number of nitrogens with one attached hydrogen (secondary N) is 4. The number of phenols is 2. The number of phenolic OH excluding ortho intramolecular Hbond substituents is 2. The van der Waals surface area contributed by atoms with Gasteiger partial charge in [0.25, 0.3) is 32.1 Å². The maximum atomic E-state index is 13.4. The number of aryl methyl sites for hydroxylation is 2. The average molecular weight is 771 g/mol. The van der Waals surface area contributed by atoms with E-state index < -0.39 is 47.9 Å². The number of carbonyl (C=O) groups excluding carboxylic acids is 3. The second-order valence-corrected chi connectivity index (χ2v) is 14.9. The third kappa shape index (κ3) is 7.50. The van der Waals surface area contributed by atoms with Gasteiger partial charge in [-0.1, -0.05) is 36.4 Å². The monoisotopic (exact) mass is 770 g/mol. The van der Waals surface area contributed by atoms with Crippen LogP contribution in [0.2, 0.25) is 0 Å². The summed E-state index contributed by atoms with van der Waals surface area (Å²) in [6.45, 7) is 3.31. The molecule has 0 aliphatic heterocycles. The highest BCUT2D eigenvalue weighted by atomic mass is 32.2. The summed E-state index contributed by atoms with van der Waals surface area (Å²) in [6, 6.07) is 21.1. The Morgan fingerprint density at radius 2 is 0.907 bits per heavy atom. The fraction of sp³-hybridized carbons (Fsp3) is 0.0541. The number of aromatic hydroxyl groups is 2. The molecule has 8 N–H and O–H groups in total. The molecule has 0 atom stereocenters. The van der Waals surface area contributed by atoms with Gasteiger partial charge in [-0.25, -0.2) is 4.79 Å². The Morgan fingerprint density at radius 1 is 0.519 bits per heavy atom. The van der Waals surface area contributed by atoms with E-state index in [1.165, 1.54) is 48.5 Å². The van der Waals surface area contributed by atoms with E-state index in [0.29, 0.717) is 11.1 Å². The van der Waals surface area contributed by atoms with E-state index in [-0.39, 0.29) is 66.9 Å². The largest absolute Gasteiger partial charge is 0.507 e. The van der Waals surface area contributed by atoms with Gasteiger partial charge in [0.05, 0.1) is 11.4 Å². The lowest BCUT2D eigenvalue weighted by Crippen LogP contribution is -2.21. The summed E-state index contributed by atoms with van der Waals surface area (Å²) in [6.07, 6.45) is 0. The van der Waals surface area contributed by atoms with Crippen molar-refractivity contribution in [2.45, 2.75) is 23.6 Å². The predicted octanol–water partition coefficient (Wildman–Crippen LogP) is 6.66. The van der Waals surface area contributed by atoms with Crippen molar-refractivity contribution in [1.82, 2.24) is 0 Å². The quantitative estimate of drug-likeness (QED) is 0.0760. The van der Waals surface area contributed by atoms with Gasteiger partial charge in [0.2, 0.25) is 0 Å². The van der Waals surface area contributed by atoms with Gasteiger partial charge < -0.3 is 31.5 Å². The van der Waals surface area contributed by atoms with Crippen LogP contribution in [-0.4, -0.2) is 54.0 Å². The molecule has 15 nitrogen and oxygen atoms in total. The van der Waals surface area contributed by atoms with Gasteiger partial charge >= 0.3 is 6.03 Å². The van der Waals surface area contributed by atoms with Crippen molar-refractivity contribution in [3.63, 3.8) is 0 Å². The predicted molar refractivity (Wildman–Crippen MR) is 202 cm³/mol. The van der Waals surface area contributed by atoms with Gasteiger partial charge in [-0.2, -0.15) is 16.8 Å². The molecule has 0 spiro atoms. The number of fused-ring (bicyclic) bond motifs is 2. The first kappa shape index (κ1) is 37.2. The summed E-state index contributed by atoms with van der Waals surface area (Å²) < 4.78 is 66.9. The number of amides is 4. The molecule has 0 fully saturated rings. The number of rotatable bonds is 8. The van der Waals surface area contributed by atoms with Crippen LogP contribution in [0.1, 0.15) is 31.8 Å². The molecule has 54 heavy (non-hydrogen) atoms. The molecule has 6 aromatic carbocycles. The van der Waals surface area contributed by atoms with Crippen molar-refractivity contribution in [2.75, 3.05) is 21.3 Å². The number of hydrogen-bond acceptors (Lipinski definition) is 9. The zero-order valence-electron chi connectivity index (χ0n) is 28.2. The molecule has 0 aliphatic carbocycles.